The third kappa shape index (κ3) is 4.38. The van der Waals surface area contributed by atoms with Crippen molar-refractivity contribution in [3.05, 3.63) is 59.7 Å². The lowest BCUT2D eigenvalue weighted by molar-refractivity contribution is -0.921. The highest BCUT2D eigenvalue weighted by Crippen LogP contribution is 2.25. The van der Waals surface area contributed by atoms with Crippen molar-refractivity contribution in [1.29, 1.82) is 0 Å². The van der Waals surface area contributed by atoms with Crippen molar-refractivity contribution >= 4 is 23.4 Å². The number of hydrogen-bond donors (Lipinski definition) is 2. The minimum atomic E-state index is -0.0678. The molecule has 0 unspecified atom stereocenters. The zero-order valence-corrected chi connectivity index (χ0v) is 14.7. The molecule has 0 atom stereocenters. The Kier molecular flexibility index (Phi) is 5.91. The summed E-state index contributed by atoms with van der Waals surface area (Å²) in [7, 11) is 0. The zero-order valence-electron chi connectivity index (χ0n) is 13.9. The Morgan fingerprint density at radius 3 is 2.54 bits per heavy atom. The first-order valence-corrected chi connectivity index (χ1v) is 9.43. The molecule has 1 saturated heterocycles. The van der Waals surface area contributed by atoms with Crippen LogP contribution in [0.2, 0.25) is 0 Å². The van der Waals surface area contributed by atoms with Crippen LogP contribution in [0.25, 0.3) is 0 Å². The largest absolute Gasteiger partial charge is 0.370 e. The molecule has 5 heteroatoms. The molecule has 1 aliphatic heterocycles. The lowest BCUT2D eigenvalue weighted by atomic mass is 10.1. The SMILES string of the molecule is CSc1ccccc1NC(=O)c1ccc(C[NH+]2CCOCC2)cc1. The Balaban J connectivity index is 1.63. The van der Waals surface area contributed by atoms with Crippen molar-refractivity contribution in [3.8, 4) is 0 Å². The van der Waals surface area contributed by atoms with E-state index in [1.807, 2.05) is 42.7 Å². The predicted molar refractivity (Wildman–Crippen MR) is 97.8 cm³/mol. The van der Waals surface area contributed by atoms with Crippen LogP contribution in [0.3, 0.4) is 0 Å². The van der Waals surface area contributed by atoms with E-state index in [9.17, 15) is 4.79 Å². The predicted octanol–water partition coefficient (Wildman–Crippen LogP) is 2.08. The minimum Gasteiger partial charge on any atom is -0.370 e. The van der Waals surface area contributed by atoms with Crippen molar-refractivity contribution < 1.29 is 14.4 Å². The highest BCUT2D eigenvalue weighted by Gasteiger charge is 2.14. The van der Waals surface area contributed by atoms with Crippen LogP contribution >= 0.6 is 11.8 Å². The normalized spacial score (nSPS) is 15.2. The molecule has 1 amide bonds. The maximum absolute atomic E-state index is 12.4. The molecule has 1 fully saturated rings. The average molecular weight is 343 g/mol. The van der Waals surface area contributed by atoms with Crippen molar-refractivity contribution in [2.24, 2.45) is 0 Å². The average Bonchev–Trinajstić information content (AvgIpc) is 2.63. The zero-order chi connectivity index (χ0) is 16.8. The van der Waals surface area contributed by atoms with Crippen molar-refractivity contribution in [1.82, 2.24) is 0 Å². The molecule has 1 aliphatic rings. The number of quaternary nitrogens is 1. The van der Waals surface area contributed by atoms with Crippen LogP contribution in [-0.2, 0) is 11.3 Å². The van der Waals surface area contributed by atoms with Gasteiger partial charge in [-0.05, 0) is 30.5 Å². The summed E-state index contributed by atoms with van der Waals surface area (Å²) in [6, 6.07) is 15.8. The number of ether oxygens (including phenoxy) is 1. The van der Waals surface area contributed by atoms with E-state index >= 15 is 0 Å². The van der Waals surface area contributed by atoms with E-state index in [0.29, 0.717) is 5.56 Å². The highest BCUT2D eigenvalue weighted by atomic mass is 32.2. The number of rotatable bonds is 5. The molecule has 0 saturated carbocycles. The Labute approximate surface area is 147 Å². The van der Waals surface area contributed by atoms with Crippen molar-refractivity contribution in [3.63, 3.8) is 0 Å². The Morgan fingerprint density at radius 1 is 1.12 bits per heavy atom. The first-order valence-electron chi connectivity index (χ1n) is 8.21. The van der Waals surface area contributed by atoms with E-state index in [1.54, 1.807) is 11.8 Å². The van der Waals surface area contributed by atoms with Gasteiger partial charge in [-0.25, -0.2) is 0 Å². The number of hydrogen-bond acceptors (Lipinski definition) is 3. The maximum Gasteiger partial charge on any atom is 0.255 e. The van der Waals surface area contributed by atoms with Gasteiger partial charge in [0.1, 0.15) is 19.6 Å². The monoisotopic (exact) mass is 343 g/mol. The molecule has 0 spiro atoms. The molecular weight excluding hydrogens is 320 g/mol. The number of benzene rings is 2. The molecule has 126 valence electrons. The van der Waals surface area contributed by atoms with Crippen LogP contribution in [0.4, 0.5) is 5.69 Å². The summed E-state index contributed by atoms with van der Waals surface area (Å²) in [5.74, 6) is -0.0678. The third-order valence-electron chi connectivity index (χ3n) is 4.23. The first kappa shape index (κ1) is 17.0. The van der Waals surface area contributed by atoms with Crippen molar-refractivity contribution in [2.75, 3.05) is 37.9 Å². The summed E-state index contributed by atoms with van der Waals surface area (Å²) in [4.78, 5) is 15.0. The molecule has 0 radical (unpaired) electrons. The van der Waals surface area contributed by atoms with Crippen LogP contribution in [-0.4, -0.2) is 38.5 Å². The topological polar surface area (TPSA) is 42.8 Å². The van der Waals surface area contributed by atoms with Crippen LogP contribution in [0, 0.1) is 0 Å². The molecule has 24 heavy (non-hydrogen) atoms. The molecule has 3 rings (SSSR count). The summed E-state index contributed by atoms with van der Waals surface area (Å²) in [6.45, 7) is 4.76. The molecule has 0 aromatic heterocycles. The lowest BCUT2D eigenvalue weighted by Gasteiger charge is -2.23. The molecule has 2 aromatic carbocycles. The van der Waals surface area contributed by atoms with Gasteiger partial charge in [-0.2, -0.15) is 0 Å². The Hall–Kier alpha value is -1.82. The van der Waals surface area contributed by atoms with Gasteiger partial charge >= 0.3 is 0 Å². The fourth-order valence-electron chi connectivity index (χ4n) is 2.84. The first-order chi connectivity index (χ1) is 11.8. The standard InChI is InChI=1S/C19H22N2O2S/c1-24-18-5-3-2-4-17(18)20-19(22)16-8-6-15(7-9-16)14-21-10-12-23-13-11-21/h2-9H,10-14H2,1H3,(H,20,22)/p+1. The Morgan fingerprint density at radius 2 is 1.83 bits per heavy atom. The molecule has 0 aliphatic carbocycles. The van der Waals surface area contributed by atoms with Gasteiger partial charge in [0.05, 0.1) is 18.9 Å². The number of carbonyl (C=O) groups is 1. The summed E-state index contributed by atoms with van der Waals surface area (Å²) < 4.78 is 5.39. The fraction of sp³-hybridized carbons (Fsp3) is 0.316. The van der Waals surface area contributed by atoms with Gasteiger partial charge in [-0.15, -0.1) is 11.8 Å². The number of anilines is 1. The number of para-hydroxylation sites is 1. The van der Waals surface area contributed by atoms with Crippen LogP contribution < -0.4 is 10.2 Å². The van der Waals surface area contributed by atoms with Crippen LogP contribution in [0.1, 0.15) is 15.9 Å². The van der Waals surface area contributed by atoms with E-state index in [-0.39, 0.29) is 5.91 Å². The quantitative estimate of drug-likeness (QED) is 0.817. The van der Waals surface area contributed by atoms with E-state index in [2.05, 4.69) is 17.4 Å². The maximum atomic E-state index is 12.4. The minimum absolute atomic E-state index is 0.0678. The summed E-state index contributed by atoms with van der Waals surface area (Å²) in [5.41, 5.74) is 2.80. The van der Waals surface area contributed by atoms with E-state index in [4.69, 9.17) is 4.74 Å². The van der Waals surface area contributed by atoms with E-state index < -0.39 is 0 Å². The molecule has 2 N–H and O–H groups in total. The van der Waals surface area contributed by atoms with Crippen LogP contribution in [0.5, 0.6) is 0 Å². The molecular formula is C19H23N2O2S+. The van der Waals surface area contributed by atoms with Gasteiger partial charge in [0.25, 0.3) is 5.91 Å². The van der Waals surface area contributed by atoms with Crippen molar-refractivity contribution in [2.45, 2.75) is 11.4 Å². The second-order valence-corrected chi connectivity index (χ2v) is 6.74. The molecule has 4 nitrogen and oxygen atoms in total. The van der Waals surface area contributed by atoms with Gasteiger partial charge in [-0.1, -0.05) is 24.3 Å². The van der Waals surface area contributed by atoms with E-state index in [1.165, 1.54) is 10.5 Å². The molecule has 0 bridgehead atoms. The van der Waals surface area contributed by atoms with Crippen LogP contribution in [0.15, 0.2) is 53.4 Å². The fourth-order valence-corrected chi connectivity index (χ4v) is 3.40. The number of amides is 1. The summed E-state index contributed by atoms with van der Waals surface area (Å²) >= 11 is 1.63. The number of morpholine rings is 1. The lowest BCUT2D eigenvalue weighted by Crippen LogP contribution is -3.12. The summed E-state index contributed by atoms with van der Waals surface area (Å²) in [6.07, 6.45) is 2.01. The number of thioether (sulfide) groups is 1. The second-order valence-electron chi connectivity index (χ2n) is 5.89. The summed E-state index contributed by atoms with van der Waals surface area (Å²) in [5, 5.41) is 3.00. The van der Waals surface area contributed by atoms with Gasteiger partial charge in [0.15, 0.2) is 0 Å². The second kappa shape index (κ2) is 8.33. The van der Waals surface area contributed by atoms with E-state index in [0.717, 1.165) is 43.4 Å². The van der Waals surface area contributed by atoms with Gasteiger partial charge in [0.2, 0.25) is 0 Å². The number of nitrogens with one attached hydrogen (secondary N) is 2. The third-order valence-corrected chi connectivity index (χ3v) is 5.02. The molecule has 1 heterocycles. The smallest absolute Gasteiger partial charge is 0.255 e. The number of carbonyl (C=O) groups excluding carboxylic acids is 1. The van der Waals surface area contributed by atoms with Gasteiger partial charge in [0, 0.05) is 16.0 Å². The van der Waals surface area contributed by atoms with Gasteiger partial charge < -0.3 is 15.0 Å². The highest BCUT2D eigenvalue weighted by molar-refractivity contribution is 7.98. The Bertz CT molecular complexity index is 682. The van der Waals surface area contributed by atoms with Gasteiger partial charge in [-0.3, -0.25) is 4.79 Å². The molecule has 2 aromatic rings.